The third-order valence-corrected chi connectivity index (χ3v) is 8.25. The van der Waals surface area contributed by atoms with Crippen molar-refractivity contribution in [1.82, 2.24) is 19.7 Å². The number of rotatable bonds is 9. The molecule has 0 radical (unpaired) electrons. The van der Waals surface area contributed by atoms with Crippen LogP contribution in [0.2, 0.25) is 0 Å². The number of ether oxygens (including phenoxy) is 3. The van der Waals surface area contributed by atoms with Crippen LogP contribution < -0.4 is 18.9 Å². The first-order chi connectivity index (χ1) is 18.7. The fraction of sp³-hybridized carbons (Fsp3) is 0.346. The van der Waals surface area contributed by atoms with Gasteiger partial charge in [0.2, 0.25) is 21.8 Å². The van der Waals surface area contributed by atoms with Crippen LogP contribution in [0.4, 0.5) is 5.95 Å². The number of furan rings is 1. The maximum Gasteiger partial charge on any atom is 0.243 e. The Labute approximate surface area is 225 Å². The van der Waals surface area contributed by atoms with Gasteiger partial charge in [-0.2, -0.15) is 0 Å². The molecule has 206 valence electrons. The lowest BCUT2D eigenvalue weighted by Crippen LogP contribution is -2.32. The van der Waals surface area contributed by atoms with Gasteiger partial charge in [0.15, 0.2) is 5.76 Å². The van der Waals surface area contributed by atoms with Crippen LogP contribution in [0.1, 0.15) is 36.5 Å². The highest BCUT2D eigenvalue weighted by Crippen LogP contribution is 2.39. The van der Waals surface area contributed by atoms with E-state index in [0.29, 0.717) is 58.7 Å². The van der Waals surface area contributed by atoms with E-state index in [0.717, 1.165) is 6.42 Å². The molecule has 4 heterocycles. The highest BCUT2D eigenvalue weighted by Gasteiger charge is 2.35. The molecule has 0 unspecified atom stereocenters. The summed E-state index contributed by atoms with van der Waals surface area (Å²) in [6.45, 7) is 3.66. The molecule has 12 nitrogen and oxygen atoms in total. The second kappa shape index (κ2) is 10.6. The van der Waals surface area contributed by atoms with Crippen molar-refractivity contribution in [3.05, 3.63) is 59.6 Å². The predicted molar refractivity (Wildman–Crippen MR) is 142 cm³/mol. The number of para-hydroxylation sites is 1. The molecule has 1 aliphatic heterocycles. The van der Waals surface area contributed by atoms with Crippen molar-refractivity contribution in [3.8, 4) is 34.5 Å². The van der Waals surface area contributed by atoms with Crippen molar-refractivity contribution in [2.75, 3.05) is 25.5 Å². The number of fused-ring (bicyclic) bond motifs is 1. The van der Waals surface area contributed by atoms with Gasteiger partial charge in [-0.3, -0.25) is 14.3 Å². The smallest absolute Gasteiger partial charge is 0.243 e. The molecule has 0 fully saturated rings. The molecule has 1 aliphatic rings. The largest absolute Gasteiger partial charge is 0.494 e. The van der Waals surface area contributed by atoms with E-state index in [1.54, 1.807) is 49.5 Å². The number of aliphatic hydroxyl groups excluding tert-OH is 1. The molecule has 0 bridgehead atoms. The molecular weight excluding hydrogens is 526 g/mol. The monoisotopic (exact) mass is 555 g/mol. The molecule has 13 heteroatoms. The standard InChI is InChI=1S/C26H29N5O7S/c1-15-10-11-21(38-15)25-28-29-26(31(25)22-19(35-3)8-5-9-20(22)36-4)30-39(33,34)16(2)23(32)17-12-13-27-18-7-6-14-37-24(17)18/h5,8-13,16,23,32H,6-7,14H2,1-4H3,(H,29,30)/t16-,23-/m1/s1. The highest BCUT2D eigenvalue weighted by molar-refractivity contribution is 7.93. The Morgan fingerprint density at radius 3 is 2.51 bits per heavy atom. The average Bonchev–Trinajstić information content (AvgIpc) is 3.56. The molecule has 0 aliphatic carbocycles. The van der Waals surface area contributed by atoms with Crippen LogP contribution in [0.25, 0.3) is 17.3 Å². The lowest BCUT2D eigenvalue weighted by molar-refractivity contribution is 0.167. The van der Waals surface area contributed by atoms with Crippen molar-refractivity contribution in [2.24, 2.45) is 0 Å². The van der Waals surface area contributed by atoms with Crippen molar-refractivity contribution in [2.45, 2.75) is 38.0 Å². The Morgan fingerprint density at radius 2 is 1.85 bits per heavy atom. The van der Waals surface area contributed by atoms with Crippen LogP contribution >= 0.6 is 0 Å². The summed E-state index contributed by atoms with van der Waals surface area (Å²) in [4.78, 5) is 4.31. The molecule has 2 atom stereocenters. The Morgan fingerprint density at radius 1 is 1.10 bits per heavy atom. The number of hydrogen-bond acceptors (Lipinski definition) is 10. The number of anilines is 1. The zero-order valence-corrected chi connectivity index (χ0v) is 22.7. The number of nitrogens with one attached hydrogen (secondary N) is 1. The van der Waals surface area contributed by atoms with E-state index in [4.69, 9.17) is 18.6 Å². The van der Waals surface area contributed by atoms with Crippen molar-refractivity contribution >= 4 is 16.0 Å². The zero-order valence-electron chi connectivity index (χ0n) is 21.9. The van der Waals surface area contributed by atoms with Gasteiger partial charge >= 0.3 is 0 Å². The Kier molecular flexibility index (Phi) is 7.19. The number of pyridine rings is 1. The number of aliphatic hydroxyl groups is 1. The normalized spacial score (nSPS) is 14.7. The van der Waals surface area contributed by atoms with Crippen LogP contribution in [0.5, 0.6) is 17.2 Å². The molecule has 3 aromatic heterocycles. The number of benzene rings is 1. The van der Waals surface area contributed by atoms with Gasteiger partial charge in [0.05, 0.1) is 26.5 Å². The fourth-order valence-corrected chi connectivity index (χ4v) is 5.53. The SMILES string of the molecule is COc1cccc(OC)c1-n1c(NS(=O)(=O)[C@H](C)[C@@H](O)c2ccnc3c2OCCC3)nnc1-c1ccc(C)o1. The minimum atomic E-state index is -4.23. The van der Waals surface area contributed by atoms with Gasteiger partial charge in [-0.15, -0.1) is 10.2 Å². The molecule has 0 amide bonds. The van der Waals surface area contributed by atoms with Crippen molar-refractivity contribution in [3.63, 3.8) is 0 Å². The number of hydrogen-bond donors (Lipinski definition) is 2. The molecule has 2 N–H and O–H groups in total. The Hall–Kier alpha value is -4.10. The molecule has 0 saturated carbocycles. The molecule has 4 aromatic rings. The molecule has 0 spiro atoms. The third kappa shape index (κ3) is 4.90. The molecule has 1 aromatic carbocycles. The molecule has 39 heavy (non-hydrogen) atoms. The minimum Gasteiger partial charge on any atom is -0.494 e. The van der Waals surface area contributed by atoms with E-state index >= 15 is 0 Å². The predicted octanol–water partition coefficient (Wildman–Crippen LogP) is 3.44. The van der Waals surface area contributed by atoms with Crippen LogP contribution in [0.3, 0.4) is 0 Å². The summed E-state index contributed by atoms with van der Waals surface area (Å²) >= 11 is 0. The third-order valence-electron chi connectivity index (χ3n) is 6.55. The van der Waals surface area contributed by atoms with Gasteiger partial charge in [0.25, 0.3) is 0 Å². The maximum absolute atomic E-state index is 13.6. The van der Waals surface area contributed by atoms with Gasteiger partial charge in [-0.25, -0.2) is 8.42 Å². The quantitative estimate of drug-likeness (QED) is 0.314. The summed E-state index contributed by atoms with van der Waals surface area (Å²) < 4.78 is 53.9. The second-order valence-electron chi connectivity index (χ2n) is 9.03. The zero-order chi connectivity index (χ0) is 27.7. The minimum absolute atomic E-state index is 0.145. The number of nitrogens with zero attached hydrogens (tertiary/aromatic N) is 4. The van der Waals surface area contributed by atoms with E-state index in [1.165, 1.54) is 25.7 Å². The van der Waals surface area contributed by atoms with Gasteiger partial charge < -0.3 is 23.7 Å². The first kappa shape index (κ1) is 26.5. The number of aromatic nitrogens is 4. The molecular formula is C26H29N5O7S. The van der Waals surface area contributed by atoms with E-state index < -0.39 is 21.4 Å². The lowest BCUT2D eigenvalue weighted by atomic mass is 10.0. The second-order valence-corrected chi connectivity index (χ2v) is 11.1. The Balaban J connectivity index is 1.57. The first-order valence-corrected chi connectivity index (χ1v) is 13.8. The fourth-order valence-electron chi connectivity index (χ4n) is 4.47. The summed E-state index contributed by atoms with van der Waals surface area (Å²) in [5, 5.41) is 18.2. The van der Waals surface area contributed by atoms with Crippen LogP contribution in [-0.2, 0) is 16.4 Å². The van der Waals surface area contributed by atoms with Crippen LogP contribution in [0, 0.1) is 6.92 Å². The van der Waals surface area contributed by atoms with Crippen LogP contribution in [0.15, 0.2) is 47.0 Å². The van der Waals surface area contributed by atoms with Crippen molar-refractivity contribution < 1.29 is 32.2 Å². The van der Waals surface area contributed by atoms with E-state index in [2.05, 4.69) is 19.9 Å². The highest BCUT2D eigenvalue weighted by atomic mass is 32.2. The first-order valence-electron chi connectivity index (χ1n) is 12.3. The van der Waals surface area contributed by atoms with Gasteiger partial charge in [-0.1, -0.05) is 6.07 Å². The summed E-state index contributed by atoms with van der Waals surface area (Å²) in [5.41, 5.74) is 1.41. The molecule has 0 saturated heterocycles. The van der Waals surface area contributed by atoms with Gasteiger partial charge in [0.1, 0.15) is 40.1 Å². The summed E-state index contributed by atoms with van der Waals surface area (Å²) in [6.07, 6.45) is 1.63. The summed E-state index contributed by atoms with van der Waals surface area (Å²) in [5.74, 6) is 2.25. The van der Waals surface area contributed by atoms with E-state index in [1.807, 2.05) is 0 Å². The van der Waals surface area contributed by atoms with Crippen molar-refractivity contribution in [1.29, 1.82) is 0 Å². The average molecular weight is 556 g/mol. The number of sulfonamides is 1. The Bertz CT molecular complexity index is 1580. The van der Waals surface area contributed by atoms with E-state index in [-0.39, 0.29) is 11.8 Å². The summed E-state index contributed by atoms with van der Waals surface area (Å²) in [6, 6.07) is 10.2. The summed E-state index contributed by atoms with van der Waals surface area (Å²) in [7, 11) is -1.26. The lowest BCUT2D eigenvalue weighted by Gasteiger charge is -2.25. The number of methoxy groups -OCH3 is 2. The van der Waals surface area contributed by atoms with Crippen LogP contribution in [-0.4, -0.2) is 59.3 Å². The van der Waals surface area contributed by atoms with Gasteiger partial charge in [-0.05, 0) is 57.0 Å². The number of aryl methyl sites for hydroxylation is 2. The maximum atomic E-state index is 13.6. The van der Waals surface area contributed by atoms with E-state index in [9.17, 15) is 13.5 Å². The molecule has 5 rings (SSSR count). The topological polar surface area (TPSA) is 151 Å². The van der Waals surface area contributed by atoms with Gasteiger partial charge in [0, 0.05) is 11.8 Å².